The van der Waals surface area contributed by atoms with Crippen LogP contribution >= 0.6 is 0 Å². The smallest absolute Gasteiger partial charge is 0.309 e. The molecule has 1 aromatic carbocycles. The van der Waals surface area contributed by atoms with Gasteiger partial charge in [-0.2, -0.15) is 0 Å². The Labute approximate surface area is 105 Å². The van der Waals surface area contributed by atoms with Crippen LogP contribution in [0.1, 0.15) is 12.0 Å². The molecule has 0 saturated heterocycles. The highest BCUT2D eigenvalue weighted by atomic mass is 19.1. The van der Waals surface area contributed by atoms with Crippen molar-refractivity contribution in [1.29, 1.82) is 0 Å². The second-order valence-corrected chi connectivity index (χ2v) is 3.83. The summed E-state index contributed by atoms with van der Waals surface area (Å²) in [6.07, 6.45) is 0.253. The van der Waals surface area contributed by atoms with E-state index in [0.717, 1.165) is 5.56 Å². The van der Waals surface area contributed by atoms with Crippen molar-refractivity contribution < 1.29 is 23.5 Å². The van der Waals surface area contributed by atoms with Crippen LogP contribution in [-0.2, 0) is 25.5 Å². The summed E-state index contributed by atoms with van der Waals surface area (Å²) in [7, 11) is 2.52. The third kappa shape index (κ3) is 4.16. The molecule has 98 valence electrons. The molecule has 0 amide bonds. The van der Waals surface area contributed by atoms with E-state index in [2.05, 4.69) is 9.47 Å². The van der Waals surface area contributed by atoms with Crippen LogP contribution in [0.5, 0.6) is 0 Å². The monoisotopic (exact) mass is 254 g/mol. The highest BCUT2D eigenvalue weighted by Gasteiger charge is 2.23. The van der Waals surface area contributed by atoms with Gasteiger partial charge >= 0.3 is 11.9 Å². The van der Waals surface area contributed by atoms with Gasteiger partial charge in [0, 0.05) is 0 Å². The summed E-state index contributed by atoms with van der Waals surface area (Å²) in [6, 6.07) is 5.76. The molecule has 0 fully saturated rings. The van der Waals surface area contributed by atoms with Crippen LogP contribution in [0.2, 0.25) is 0 Å². The van der Waals surface area contributed by atoms with Crippen LogP contribution in [-0.4, -0.2) is 26.2 Å². The quantitative estimate of drug-likeness (QED) is 0.751. The number of carbonyl (C=O) groups is 2. The summed E-state index contributed by atoms with van der Waals surface area (Å²) in [5, 5.41) is 0. The van der Waals surface area contributed by atoms with E-state index in [-0.39, 0.29) is 12.2 Å². The molecule has 4 nitrogen and oxygen atoms in total. The molecule has 0 aliphatic heterocycles. The first-order valence-corrected chi connectivity index (χ1v) is 5.46. The van der Waals surface area contributed by atoms with Crippen molar-refractivity contribution >= 4 is 11.9 Å². The van der Waals surface area contributed by atoms with Gasteiger partial charge in [-0.25, -0.2) is 4.39 Å². The average Bonchev–Trinajstić information content (AvgIpc) is 2.39. The third-order valence-electron chi connectivity index (χ3n) is 2.57. The van der Waals surface area contributed by atoms with Crippen LogP contribution in [0.25, 0.3) is 0 Å². The standard InChI is InChI=1S/C13H15FO4/c1-17-12(15)8-10(13(16)18-2)7-9-3-5-11(14)6-4-9/h3-6,10H,7-8H2,1-2H3/t10-/m0/s1. The molecule has 1 rings (SSSR count). The summed E-state index contributed by atoms with van der Waals surface area (Å²) in [6.45, 7) is 0. The molecule has 0 spiro atoms. The predicted octanol–water partition coefficient (Wildman–Crippen LogP) is 1.72. The van der Waals surface area contributed by atoms with Gasteiger partial charge in [0.05, 0.1) is 26.6 Å². The van der Waals surface area contributed by atoms with Gasteiger partial charge in [-0.05, 0) is 24.1 Å². The Morgan fingerprint density at radius 3 is 2.28 bits per heavy atom. The third-order valence-corrected chi connectivity index (χ3v) is 2.57. The lowest BCUT2D eigenvalue weighted by Gasteiger charge is -2.13. The molecule has 1 aromatic rings. The summed E-state index contributed by atoms with van der Waals surface area (Å²) >= 11 is 0. The van der Waals surface area contributed by atoms with E-state index in [4.69, 9.17) is 0 Å². The number of hydrogen-bond acceptors (Lipinski definition) is 4. The lowest BCUT2D eigenvalue weighted by Crippen LogP contribution is -2.22. The summed E-state index contributed by atoms with van der Waals surface area (Å²) in [5.74, 6) is -1.92. The molecule has 1 atom stereocenters. The molecule has 0 saturated carbocycles. The minimum absolute atomic E-state index is 0.0550. The number of ether oxygens (including phenoxy) is 2. The fourth-order valence-electron chi connectivity index (χ4n) is 1.60. The second-order valence-electron chi connectivity index (χ2n) is 3.83. The number of benzene rings is 1. The Morgan fingerprint density at radius 1 is 1.17 bits per heavy atom. The van der Waals surface area contributed by atoms with Gasteiger partial charge in [-0.1, -0.05) is 12.1 Å². The van der Waals surface area contributed by atoms with Crippen LogP contribution in [0.15, 0.2) is 24.3 Å². The first kappa shape index (κ1) is 14.2. The fraction of sp³-hybridized carbons (Fsp3) is 0.385. The molecule has 18 heavy (non-hydrogen) atoms. The van der Waals surface area contributed by atoms with Crippen LogP contribution < -0.4 is 0 Å². The minimum Gasteiger partial charge on any atom is -0.469 e. The molecular formula is C13H15FO4. The molecular weight excluding hydrogens is 239 g/mol. The first-order valence-electron chi connectivity index (χ1n) is 5.46. The molecule has 0 aliphatic carbocycles. The Bertz CT molecular complexity index is 414. The van der Waals surface area contributed by atoms with E-state index in [1.807, 2.05) is 0 Å². The highest BCUT2D eigenvalue weighted by Crippen LogP contribution is 2.15. The normalized spacial score (nSPS) is 11.7. The van der Waals surface area contributed by atoms with Crippen molar-refractivity contribution in [3.05, 3.63) is 35.6 Å². The van der Waals surface area contributed by atoms with Crippen LogP contribution in [0.3, 0.4) is 0 Å². The van der Waals surface area contributed by atoms with E-state index in [1.165, 1.54) is 26.4 Å². The van der Waals surface area contributed by atoms with Gasteiger partial charge in [0.1, 0.15) is 5.82 Å². The van der Waals surface area contributed by atoms with Gasteiger partial charge in [-0.3, -0.25) is 9.59 Å². The summed E-state index contributed by atoms with van der Waals surface area (Å²) in [4.78, 5) is 22.7. The zero-order chi connectivity index (χ0) is 13.5. The van der Waals surface area contributed by atoms with Crippen molar-refractivity contribution in [3.63, 3.8) is 0 Å². The number of halogens is 1. The number of hydrogen-bond donors (Lipinski definition) is 0. The Balaban J connectivity index is 2.74. The highest BCUT2D eigenvalue weighted by molar-refractivity contribution is 5.80. The topological polar surface area (TPSA) is 52.6 Å². The summed E-state index contributed by atoms with van der Waals surface area (Å²) < 4.78 is 21.9. The molecule has 5 heteroatoms. The minimum atomic E-state index is -0.618. The maximum Gasteiger partial charge on any atom is 0.309 e. The lowest BCUT2D eigenvalue weighted by molar-refractivity contribution is -0.151. The lowest BCUT2D eigenvalue weighted by atomic mass is 9.96. The van der Waals surface area contributed by atoms with E-state index in [9.17, 15) is 14.0 Å². The van der Waals surface area contributed by atoms with Crippen molar-refractivity contribution in [2.24, 2.45) is 5.92 Å². The molecule has 0 aliphatic rings. The van der Waals surface area contributed by atoms with Gasteiger partial charge < -0.3 is 9.47 Å². The molecule has 0 unspecified atom stereocenters. The maximum atomic E-state index is 12.7. The van der Waals surface area contributed by atoms with E-state index >= 15 is 0 Å². The fourth-order valence-corrected chi connectivity index (χ4v) is 1.60. The maximum absolute atomic E-state index is 12.7. The van der Waals surface area contributed by atoms with Gasteiger partial charge in [0.2, 0.25) is 0 Å². The van der Waals surface area contributed by atoms with Crippen molar-refractivity contribution in [2.45, 2.75) is 12.8 Å². The van der Waals surface area contributed by atoms with Gasteiger partial charge in [0.15, 0.2) is 0 Å². The average molecular weight is 254 g/mol. The zero-order valence-electron chi connectivity index (χ0n) is 10.3. The van der Waals surface area contributed by atoms with E-state index in [1.54, 1.807) is 12.1 Å². The van der Waals surface area contributed by atoms with Crippen LogP contribution in [0.4, 0.5) is 4.39 Å². The SMILES string of the molecule is COC(=O)C[C@H](Cc1ccc(F)cc1)C(=O)OC. The molecule has 0 aromatic heterocycles. The Morgan fingerprint density at radius 2 is 1.78 bits per heavy atom. The molecule has 0 N–H and O–H groups in total. The second kappa shape index (κ2) is 6.74. The Hall–Kier alpha value is -1.91. The molecule has 0 bridgehead atoms. The number of carbonyl (C=O) groups excluding carboxylic acids is 2. The van der Waals surface area contributed by atoms with E-state index in [0.29, 0.717) is 6.42 Å². The Kier molecular flexibility index (Phi) is 5.30. The van der Waals surface area contributed by atoms with Crippen LogP contribution in [0, 0.1) is 11.7 Å². The zero-order valence-corrected chi connectivity index (χ0v) is 10.3. The van der Waals surface area contributed by atoms with Crippen molar-refractivity contribution in [1.82, 2.24) is 0 Å². The number of rotatable bonds is 5. The summed E-state index contributed by atoms with van der Waals surface area (Å²) in [5.41, 5.74) is 0.760. The van der Waals surface area contributed by atoms with E-state index < -0.39 is 17.9 Å². The predicted molar refractivity (Wildman–Crippen MR) is 62.2 cm³/mol. The largest absolute Gasteiger partial charge is 0.469 e. The molecule has 0 heterocycles. The van der Waals surface area contributed by atoms with Crippen molar-refractivity contribution in [2.75, 3.05) is 14.2 Å². The van der Waals surface area contributed by atoms with Crippen molar-refractivity contribution in [3.8, 4) is 0 Å². The number of methoxy groups -OCH3 is 2. The molecule has 0 radical (unpaired) electrons. The van der Waals surface area contributed by atoms with Gasteiger partial charge in [0.25, 0.3) is 0 Å². The van der Waals surface area contributed by atoms with Gasteiger partial charge in [-0.15, -0.1) is 0 Å². The number of esters is 2. The first-order chi connectivity index (χ1) is 8.56.